The van der Waals surface area contributed by atoms with E-state index >= 15 is 0 Å². The zero-order valence-corrected chi connectivity index (χ0v) is 15.4. The van der Waals surface area contributed by atoms with Crippen molar-refractivity contribution in [3.8, 4) is 0 Å². The maximum absolute atomic E-state index is 12.2. The van der Waals surface area contributed by atoms with Gasteiger partial charge in [0, 0.05) is 17.9 Å². The first kappa shape index (κ1) is 22.5. The Morgan fingerprint density at radius 1 is 1.11 bits per heavy atom. The van der Waals surface area contributed by atoms with Crippen molar-refractivity contribution in [3.63, 3.8) is 0 Å². The number of carbonyl (C=O) groups excluding carboxylic acids is 2. The number of nitrogens with two attached hydrogens (primary N) is 1. The molecule has 1 aromatic rings. The van der Waals surface area contributed by atoms with E-state index in [-0.39, 0.29) is 18.6 Å². The van der Waals surface area contributed by atoms with Crippen LogP contribution in [0.1, 0.15) is 18.4 Å². The van der Waals surface area contributed by atoms with Crippen molar-refractivity contribution in [1.29, 1.82) is 0 Å². The van der Waals surface area contributed by atoms with Crippen molar-refractivity contribution in [1.82, 2.24) is 10.6 Å². The standard InChI is InChI=1S/C17H23N3O6S/c18-12(17(25)26)6-7-14(21)20-13(16(24)19-8-15(22)23)10-27-9-11-4-2-1-3-5-11/h1-5,12-13H,6-10,18H2,(H,19,24)(H,20,21)(H,22,23)(H,25,26)/t12-,13?/m0/s1. The van der Waals surface area contributed by atoms with Gasteiger partial charge in [-0.15, -0.1) is 0 Å². The number of aliphatic carboxylic acids is 2. The third kappa shape index (κ3) is 9.61. The van der Waals surface area contributed by atoms with Gasteiger partial charge in [-0.05, 0) is 12.0 Å². The Hall–Kier alpha value is -2.59. The van der Waals surface area contributed by atoms with Crippen molar-refractivity contribution in [2.75, 3.05) is 12.3 Å². The normalized spacial score (nSPS) is 12.6. The maximum Gasteiger partial charge on any atom is 0.322 e. The van der Waals surface area contributed by atoms with E-state index in [0.29, 0.717) is 5.75 Å². The number of carboxylic acids is 2. The first-order chi connectivity index (χ1) is 12.8. The average molecular weight is 397 g/mol. The predicted octanol–water partition coefficient (Wildman–Crippen LogP) is -0.202. The molecule has 1 unspecified atom stereocenters. The van der Waals surface area contributed by atoms with Crippen molar-refractivity contribution in [2.24, 2.45) is 5.73 Å². The third-order valence-corrected chi connectivity index (χ3v) is 4.57. The fraction of sp³-hybridized carbons (Fsp3) is 0.412. The summed E-state index contributed by atoms with van der Waals surface area (Å²) in [6.07, 6.45) is -0.221. The summed E-state index contributed by atoms with van der Waals surface area (Å²) in [6.45, 7) is -0.557. The SMILES string of the molecule is N[C@@H](CCC(=O)NC(CSCc1ccccc1)C(=O)NCC(=O)O)C(=O)O. The summed E-state index contributed by atoms with van der Waals surface area (Å²) in [7, 11) is 0. The molecule has 1 aromatic carbocycles. The molecule has 0 radical (unpaired) electrons. The van der Waals surface area contributed by atoms with E-state index in [2.05, 4.69) is 10.6 Å². The Morgan fingerprint density at radius 2 is 1.78 bits per heavy atom. The van der Waals surface area contributed by atoms with Gasteiger partial charge in [-0.1, -0.05) is 30.3 Å². The molecule has 10 heteroatoms. The molecule has 0 aliphatic carbocycles. The van der Waals surface area contributed by atoms with Crippen LogP contribution in [0.15, 0.2) is 30.3 Å². The van der Waals surface area contributed by atoms with Crippen LogP contribution in [0.3, 0.4) is 0 Å². The highest BCUT2D eigenvalue weighted by atomic mass is 32.2. The lowest BCUT2D eigenvalue weighted by atomic mass is 10.1. The molecule has 0 aliphatic rings. The first-order valence-corrected chi connectivity index (χ1v) is 9.34. The number of amides is 2. The number of nitrogens with one attached hydrogen (secondary N) is 2. The number of rotatable bonds is 12. The molecular formula is C17H23N3O6S. The van der Waals surface area contributed by atoms with Crippen LogP contribution in [-0.2, 0) is 24.9 Å². The van der Waals surface area contributed by atoms with Crippen molar-refractivity contribution < 1.29 is 29.4 Å². The Balaban J connectivity index is 2.58. The minimum Gasteiger partial charge on any atom is -0.480 e. The van der Waals surface area contributed by atoms with E-state index < -0.39 is 42.4 Å². The van der Waals surface area contributed by atoms with Gasteiger partial charge < -0.3 is 26.6 Å². The first-order valence-electron chi connectivity index (χ1n) is 8.18. The second-order valence-corrected chi connectivity index (χ2v) is 6.75. The molecule has 6 N–H and O–H groups in total. The summed E-state index contributed by atoms with van der Waals surface area (Å²) in [6, 6.07) is 7.42. The van der Waals surface area contributed by atoms with Gasteiger partial charge in [0.15, 0.2) is 0 Å². The van der Waals surface area contributed by atoms with Crippen LogP contribution in [0, 0.1) is 0 Å². The molecule has 2 amide bonds. The van der Waals surface area contributed by atoms with E-state index in [9.17, 15) is 19.2 Å². The molecule has 0 heterocycles. The second kappa shape index (κ2) is 11.9. The van der Waals surface area contributed by atoms with Gasteiger partial charge >= 0.3 is 11.9 Å². The molecular weight excluding hydrogens is 374 g/mol. The molecule has 27 heavy (non-hydrogen) atoms. The van der Waals surface area contributed by atoms with E-state index in [1.807, 2.05) is 30.3 Å². The predicted molar refractivity (Wildman–Crippen MR) is 100 cm³/mol. The number of carboxylic acid groups (broad SMARTS) is 2. The number of hydrogen-bond donors (Lipinski definition) is 5. The number of benzene rings is 1. The topological polar surface area (TPSA) is 159 Å². The highest BCUT2D eigenvalue weighted by Gasteiger charge is 2.22. The Morgan fingerprint density at radius 3 is 2.37 bits per heavy atom. The van der Waals surface area contributed by atoms with Gasteiger partial charge in [-0.25, -0.2) is 0 Å². The molecule has 0 saturated heterocycles. The molecule has 0 aromatic heterocycles. The summed E-state index contributed by atoms with van der Waals surface area (Å²) in [5.41, 5.74) is 6.40. The number of thioether (sulfide) groups is 1. The van der Waals surface area contributed by atoms with Crippen LogP contribution in [0.4, 0.5) is 0 Å². The van der Waals surface area contributed by atoms with Crippen LogP contribution < -0.4 is 16.4 Å². The Bertz CT molecular complexity index is 655. The molecule has 9 nitrogen and oxygen atoms in total. The van der Waals surface area contributed by atoms with E-state index in [1.165, 1.54) is 11.8 Å². The van der Waals surface area contributed by atoms with E-state index in [1.54, 1.807) is 0 Å². The van der Waals surface area contributed by atoms with Crippen molar-refractivity contribution >= 4 is 35.5 Å². The Labute approximate surface area is 160 Å². The molecule has 2 atom stereocenters. The monoisotopic (exact) mass is 397 g/mol. The summed E-state index contributed by atoms with van der Waals surface area (Å²) < 4.78 is 0. The van der Waals surface area contributed by atoms with Crippen LogP contribution in [-0.4, -0.2) is 58.3 Å². The summed E-state index contributed by atoms with van der Waals surface area (Å²) in [5.74, 6) is -2.70. The lowest BCUT2D eigenvalue weighted by Crippen LogP contribution is -2.49. The highest BCUT2D eigenvalue weighted by Crippen LogP contribution is 2.13. The van der Waals surface area contributed by atoms with Crippen molar-refractivity contribution in [2.45, 2.75) is 30.7 Å². The largest absolute Gasteiger partial charge is 0.480 e. The smallest absolute Gasteiger partial charge is 0.322 e. The number of hydrogen-bond acceptors (Lipinski definition) is 6. The van der Waals surface area contributed by atoms with Crippen LogP contribution in [0.2, 0.25) is 0 Å². The van der Waals surface area contributed by atoms with Gasteiger partial charge in [0.25, 0.3) is 0 Å². The fourth-order valence-electron chi connectivity index (χ4n) is 2.01. The third-order valence-electron chi connectivity index (χ3n) is 3.46. The lowest BCUT2D eigenvalue weighted by Gasteiger charge is -2.18. The molecule has 0 fully saturated rings. The van der Waals surface area contributed by atoms with Gasteiger partial charge in [0.05, 0.1) is 0 Å². The van der Waals surface area contributed by atoms with Crippen LogP contribution in [0.5, 0.6) is 0 Å². The molecule has 1 rings (SSSR count). The summed E-state index contributed by atoms with van der Waals surface area (Å²) in [5, 5.41) is 22.1. The maximum atomic E-state index is 12.2. The van der Waals surface area contributed by atoms with Crippen LogP contribution in [0.25, 0.3) is 0 Å². The number of carbonyl (C=O) groups is 4. The molecule has 0 aliphatic heterocycles. The quantitative estimate of drug-likeness (QED) is 0.324. The Kier molecular flexibility index (Phi) is 9.91. The minimum absolute atomic E-state index is 0.0677. The highest BCUT2D eigenvalue weighted by molar-refractivity contribution is 7.98. The van der Waals surface area contributed by atoms with E-state index in [4.69, 9.17) is 15.9 Å². The van der Waals surface area contributed by atoms with Gasteiger partial charge in [0.1, 0.15) is 18.6 Å². The molecule has 148 valence electrons. The molecule has 0 spiro atoms. The molecule has 0 saturated carbocycles. The fourth-order valence-corrected chi connectivity index (χ4v) is 3.03. The zero-order chi connectivity index (χ0) is 20.2. The summed E-state index contributed by atoms with van der Waals surface area (Å²) >= 11 is 1.41. The van der Waals surface area contributed by atoms with E-state index in [0.717, 1.165) is 5.56 Å². The zero-order valence-electron chi connectivity index (χ0n) is 14.6. The average Bonchev–Trinajstić information content (AvgIpc) is 2.64. The summed E-state index contributed by atoms with van der Waals surface area (Å²) in [4.78, 5) is 45.4. The van der Waals surface area contributed by atoms with Crippen LogP contribution >= 0.6 is 11.8 Å². The molecule has 0 bridgehead atoms. The van der Waals surface area contributed by atoms with Gasteiger partial charge in [0.2, 0.25) is 11.8 Å². The van der Waals surface area contributed by atoms with Gasteiger partial charge in [-0.3, -0.25) is 19.2 Å². The van der Waals surface area contributed by atoms with Crippen molar-refractivity contribution in [3.05, 3.63) is 35.9 Å². The second-order valence-electron chi connectivity index (χ2n) is 5.72. The van der Waals surface area contributed by atoms with Gasteiger partial charge in [-0.2, -0.15) is 11.8 Å². The minimum atomic E-state index is -1.21. The lowest BCUT2D eigenvalue weighted by molar-refractivity contribution is -0.139.